The third-order valence-electron chi connectivity index (χ3n) is 6.20. The van der Waals surface area contributed by atoms with E-state index in [1.165, 1.54) is 19.1 Å². The standard InChI is InChI=1S/C23H25F2N5O4/c1-32-17-6-18(33-2)20(25)16(19(17)24)10-30-9-12-7-27-22-15(21(12)29-23(30)31)5-14(28-22)8-26-13-3-4-34-11-13/h5-7,13,26H,3-4,8-11H2,1-2H3,(H,27,28)(H,29,31)/t13-/m1/s1. The van der Waals surface area contributed by atoms with Crippen molar-refractivity contribution in [2.75, 3.05) is 32.8 Å². The van der Waals surface area contributed by atoms with Crippen molar-refractivity contribution < 1.29 is 27.8 Å². The van der Waals surface area contributed by atoms with Gasteiger partial charge in [0.05, 0.1) is 45.2 Å². The monoisotopic (exact) mass is 473 g/mol. The number of amides is 2. The summed E-state index contributed by atoms with van der Waals surface area (Å²) in [5, 5.41) is 7.08. The van der Waals surface area contributed by atoms with Gasteiger partial charge in [-0.2, -0.15) is 0 Å². The smallest absolute Gasteiger partial charge is 0.322 e. The number of fused-ring (bicyclic) bond motifs is 3. The Morgan fingerprint density at radius 1 is 1.24 bits per heavy atom. The average molecular weight is 473 g/mol. The number of pyridine rings is 1. The van der Waals surface area contributed by atoms with Crippen LogP contribution in [0.1, 0.15) is 23.2 Å². The number of carbonyl (C=O) groups is 1. The van der Waals surface area contributed by atoms with Crippen molar-refractivity contribution in [1.82, 2.24) is 20.2 Å². The van der Waals surface area contributed by atoms with Crippen LogP contribution in [0.4, 0.5) is 19.3 Å². The number of benzene rings is 1. The van der Waals surface area contributed by atoms with Crippen molar-refractivity contribution in [3.63, 3.8) is 0 Å². The minimum atomic E-state index is -0.872. The molecule has 2 aliphatic heterocycles. The van der Waals surface area contributed by atoms with Crippen molar-refractivity contribution in [3.8, 4) is 11.5 Å². The third-order valence-corrected chi connectivity index (χ3v) is 6.20. The van der Waals surface area contributed by atoms with Gasteiger partial charge < -0.3 is 34.7 Å². The maximum atomic E-state index is 14.8. The average Bonchev–Trinajstić information content (AvgIpc) is 3.50. The zero-order valence-electron chi connectivity index (χ0n) is 18.8. The Morgan fingerprint density at radius 2 is 2.00 bits per heavy atom. The number of carbonyl (C=O) groups excluding carboxylic acids is 1. The lowest BCUT2D eigenvalue weighted by Gasteiger charge is -2.30. The van der Waals surface area contributed by atoms with Crippen molar-refractivity contribution in [2.45, 2.75) is 32.1 Å². The predicted octanol–water partition coefficient (Wildman–Crippen LogP) is 3.28. The van der Waals surface area contributed by atoms with Gasteiger partial charge in [-0.3, -0.25) is 0 Å². The number of aromatic amines is 1. The second kappa shape index (κ2) is 9.07. The molecule has 1 aromatic carbocycles. The van der Waals surface area contributed by atoms with E-state index < -0.39 is 17.7 Å². The van der Waals surface area contributed by atoms with Gasteiger partial charge in [0.2, 0.25) is 0 Å². The highest BCUT2D eigenvalue weighted by molar-refractivity contribution is 6.02. The molecule has 0 aliphatic carbocycles. The fourth-order valence-electron chi connectivity index (χ4n) is 4.34. The molecule has 1 atom stereocenters. The summed E-state index contributed by atoms with van der Waals surface area (Å²) in [6.07, 6.45) is 2.63. The summed E-state index contributed by atoms with van der Waals surface area (Å²) in [7, 11) is 2.56. The molecule has 0 saturated carbocycles. The van der Waals surface area contributed by atoms with Crippen molar-refractivity contribution in [1.29, 1.82) is 0 Å². The maximum Gasteiger partial charge on any atom is 0.322 e. The first-order valence-corrected chi connectivity index (χ1v) is 10.9. The summed E-state index contributed by atoms with van der Waals surface area (Å²) in [5.41, 5.74) is 2.66. The van der Waals surface area contributed by atoms with E-state index in [0.717, 1.165) is 35.7 Å². The Bertz CT molecular complexity index is 1210. The van der Waals surface area contributed by atoms with E-state index in [2.05, 4.69) is 20.6 Å². The molecule has 34 heavy (non-hydrogen) atoms. The first-order chi connectivity index (χ1) is 16.5. The first kappa shape index (κ1) is 22.4. The second-order valence-electron chi connectivity index (χ2n) is 8.33. The molecular formula is C23H25F2N5O4. The molecule has 3 aromatic rings. The molecule has 0 bridgehead atoms. The largest absolute Gasteiger partial charge is 0.494 e. The number of halogens is 2. The van der Waals surface area contributed by atoms with E-state index in [9.17, 15) is 13.6 Å². The predicted molar refractivity (Wildman–Crippen MR) is 120 cm³/mol. The molecule has 0 radical (unpaired) electrons. The Hall–Kier alpha value is -3.44. The SMILES string of the molecule is COc1cc(OC)c(F)c(CN2Cc3cnc4[nH]c(CN[C@@H]5CCOC5)cc4c3NC2=O)c1F. The molecule has 1 saturated heterocycles. The fourth-order valence-corrected chi connectivity index (χ4v) is 4.34. The Balaban J connectivity index is 1.39. The fraction of sp³-hybridized carbons (Fsp3) is 0.391. The molecule has 2 aromatic heterocycles. The first-order valence-electron chi connectivity index (χ1n) is 10.9. The number of hydrogen-bond acceptors (Lipinski definition) is 6. The van der Waals surface area contributed by atoms with Crippen LogP contribution in [0.3, 0.4) is 0 Å². The van der Waals surface area contributed by atoms with Gasteiger partial charge in [0.15, 0.2) is 23.1 Å². The van der Waals surface area contributed by atoms with Crippen molar-refractivity contribution in [2.24, 2.45) is 0 Å². The van der Waals surface area contributed by atoms with Gasteiger partial charge in [0.25, 0.3) is 0 Å². The Labute approximate surface area is 194 Å². The zero-order chi connectivity index (χ0) is 23.8. The van der Waals surface area contributed by atoms with Gasteiger partial charge in [0, 0.05) is 48.1 Å². The lowest BCUT2D eigenvalue weighted by atomic mass is 10.1. The topological polar surface area (TPSA) is 101 Å². The Kier molecular flexibility index (Phi) is 5.96. The van der Waals surface area contributed by atoms with Gasteiger partial charge >= 0.3 is 6.03 Å². The highest BCUT2D eigenvalue weighted by Gasteiger charge is 2.29. The van der Waals surface area contributed by atoms with E-state index in [0.29, 0.717) is 30.5 Å². The van der Waals surface area contributed by atoms with Crippen LogP contribution in [-0.2, 0) is 24.4 Å². The normalized spacial score (nSPS) is 17.7. The number of rotatable bonds is 7. The molecule has 5 rings (SSSR count). The van der Waals surface area contributed by atoms with Gasteiger partial charge in [-0.05, 0) is 12.5 Å². The summed E-state index contributed by atoms with van der Waals surface area (Å²) in [6.45, 7) is 1.91. The number of hydrogen-bond donors (Lipinski definition) is 3. The molecular weight excluding hydrogens is 448 g/mol. The van der Waals surface area contributed by atoms with E-state index >= 15 is 0 Å². The number of nitrogens with zero attached hydrogens (tertiary/aromatic N) is 2. The molecule has 4 heterocycles. The van der Waals surface area contributed by atoms with Crippen LogP contribution in [0, 0.1) is 11.6 Å². The minimum Gasteiger partial charge on any atom is -0.494 e. The summed E-state index contributed by atoms with van der Waals surface area (Å²) in [6, 6.07) is 2.94. The number of aromatic nitrogens is 2. The molecule has 0 unspecified atom stereocenters. The van der Waals surface area contributed by atoms with Crippen molar-refractivity contribution in [3.05, 3.63) is 46.8 Å². The number of methoxy groups -OCH3 is 2. The molecule has 1 fully saturated rings. The highest BCUT2D eigenvalue weighted by Crippen LogP contribution is 2.35. The number of ether oxygens (including phenoxy) is 3. The van der Waals surface area contributed by atoms with Crippen LogP contribution < -0.4 is 20.1 Å². The van der Waals surface area contributed by atoms with E-state index in [4.69, 9.17) is 14.2 Å². The quantitative estimate of drug-likeness (QED) is 0.487. The van der Waals surface area contributed by atoms with Crippen LogP contribution in [-0.4, -0.2) is 54.4 Å². The Morgan fingerprint density at radius 3 is 2.68 bits per heavy atom. The molecule has 180 valence electrons. The lowest BCUT2D eigenvalue weighted by molar-refractivity contribution is 0.189. The minimum absolute atomic E-state index is 0.140. The summed E-state index contributed by atoms with van der Waals surface area (Å²) >= 11 is 0. The second-order valence-corrected chi connectivity index (χ2v) is 8.33. The molecule has 3 N–H and O–H groups in total. The van der Waals surface area contributed by atoms with E-state index in [1.807, 2.05) is 6.07 Å². The molecule has 11 heteroatoms. The molecule has 2 amide bonds. The molecule has 0 spiro atoms. The van der Waals surface area contributed by atoms with Crippen molar-refractivity contribution >= 4 is 22.8 Å². The van der Waals surface area contributed by atoms with Gasteiger partial charge in [-0.15, -0.1) is 0 Å². The highest BCUT2D eigenvalue weighted by atomic mass is 19.1. The third kappa shape index (κ3) is 4.01. The number of anilines is 1. The molecule has 2 aliphatic rings. The number of nitrogens with one attached hydrogen (secondary N) is 3. The van der Waals surface area contributed by atoms with Crippen LogP contribution in [0.25, 0.3) is 11.0 Å². The number of urea groups is 1. The van der Waals surface area contributed by atoms with Crippen LogP contribution in [0.2, 0.25) is 0 Å². The van der Waals surface area contributed by atoms with Crippen LogP contribution in [0.5, 0.6) is 11.5 Å². The van der Waals surface area contributed by atoms with Gasteiger partial charge in [-0.1, -0.05) is 0 Å². The summed E-state index contributed by atoms with van der Waals surface area (Å²) in [4.78, 5) is 22.0. The lowest BCUT2D eigenvalue weighted by Crippen LogP contribution is -2.38. The number of H-pyrrole nitrogens is 1. The molecule has 9 nitrogen and oxygen atoms in total. The van der Waals surface area contributed by atoms with Gasteiger partial charge in [0.1, 0.15) is 5.65 Å². The zero-order valence-corrected chi connectivity index (χ0v) is 18.8. The van der Waals surface area contributed by atoms with Gasteiger partial charge in [-0.25, -0.2) is 18.6 Å². The summed E-state index contributed by atoms with van der Waals surface area (Å²) in [5.74, 6) is -2.06. The van der Waals surface area contributed by atoms with Crippen LogP contribution in [0.15, 0.2) is 18.3 Å². The maximum absolute atomic E-state index is 14.8. The van der Waals surface area contributed by atoms with E-state index in [1.54, 1.807) is 6.20 Å². The summed E-state index contributed by atoms with van der Waals surface area (Å²) < 4.78 is 45.0. The van der Waals surface area contributed by atoms with E-state index in [-0.39, 0.29) is 30.2 Å². The van der Waals surface area contributed by atoms with Crippen LogP contribution >= 0.6 is 0 Å².